The van der Waals surface area contributed by atoms with Crippen molar-refractivity contribution in [2.75, 3.05) is 18.5 Å². The molecule has 1 aromatic heterocycles. The Morgan fingerprint density at radius 1 is 1.31 bits per heavy atom. The van der Waals surface area contributed by atoms with Gasteiger partial charge in [0, 0.05) is 34.8 Å². The van der Waals surface area contributed by atoms with Crippen LogP contribution in [0.4, 0.5) is 5.69 Å². The van der Waals surface area contributed by atoms with Crippen molar-refractivity contribution in [3.05, 3.63) is 69.8 Å². The van der Waals surface area contributed by atoms with Crippen molar-refractivity contribution in [1.82, 2.24) is 4.98 Å². The van der Waals surface area contributed by atoms with Gasteiger partial charge in [-0.25, -0.2) is 0 Å². The summed E-state index contributed by atoms with van der Waals surface area (Å²) in [5.41, 5.74) is 1.69. The molecule has 154 valence electrons. The van der Waals surface area contributed by atoms with Gasteiger partial charge in [-0.3, -0.25) is 9.78 Å². The highest BCUT2D eigenvalue weighted by atomic mass is 127. The predicted octanol–water partition coefficient (Wildman–Crippen LogP) is 4.07. The van der Waals surface area contributed by atoms with Crippen LogP contribution in [0.2, 0.25) is 0 Å². The molecular weight excluding hydrogens is 483 g/mol. The van der Waals surface area contributed by atoms with Crippen LogP contribution in [0.3, 0.4) is 0 Å². The van der Waals surface area contributed by atoms with Gasteiger partial charge in [0.25, 0.3) is 5.91 Å². The van der Waals surface area contributed by atoms with Crippen LogP contribution in [0.5, 0.6) is 0 Å². The number of aliphatic hydroxyl groups is 1. The van der Waals surface area contributed by atoms with Crippen molar-refractivity contribution in [2.45, 2.75) is 32.0 Å². The highest BCUT2D eigenvalue weighted by molar-refractivity contribution is 14.1. The molecule has 0 spiro atoms. The maximum Gasteiger partial charge on any atom is 0.290 e. The SMILES string of the molecule is CCO[C@H]1OC(C(=O)Nc2cccnc2)=C[C@@H](c2ccc(I)cc2)[C@@H]1CCCO. The van der Waals surface area contributed by atoms with Gasteiger partial charge in [-0.15, -0.1) is 0 Å². The lowest BCUT2D eigenvalue weighted by atomic mass is 9.80. The van der Waals surface area contributed by atoms with E-state index in [0.29, 0.717) is 18.7 Å². The number of hydrogen-bond donors (Lipinski definition) is 2. The number of benzene rings is 1. The second-order valence-corrected chi connectivity index (χ2v) is 8.02. The van der Waals surface area contributed by atoms with Gasteiger partial charge in [0.05, 0.1) is 11.9 Å². The molecular formula is C22H25IN2O4. The molecule has 0 fully saturated rings. The summed E-state index contributed by atoms with van der Waals surface area (Å²) in [7, 11) is 0. The smallest absolute Gasteiger partial charge is 0.290 e. The number of ether oxygens (including phenoxy) is 2. The zero-order valence-corrected chi connectivity index (χ0v) is 18.4. The van der Waals surface area contributed by atoms with E-state index in [1.165, 1.54) is 0 Å². The number of allylic oxidation sites excluding steroid dienone is 1. The van der Waals surface area contributed by atoms with Gasteiger partial charge in [-0.2, -0.15) is 0 Å². The number of aliphatic hydroxyl groups excluding tert-OH is 1. The fourth-order valence-corrected chi connectivity index (χ4v) is 3.82. The van der Waals surface area contributed by atoms with Gasteiger partial charge in [0.15, 0.2) is 5.76 Å². The third-order valence-corrected chi connectivity index (χ3v) is 5.53. The quantitative estimate of drug-likeness (QED) is 0.526. The lowest BCUT2D eigenvalue weighted by Crippen LogP contribution is -2.37. The average molecular weight is 508 g/mol. The van der Waals surface area contributed by atoms with Crippen molar-refractivity contribution in [3.8, 4) is 0 Å². The van der Waals surface area contributed by atoms with E-state index in [4.69, 9.17) is 9.47 Å². The molecule has 2 N–H and O–H groups in total. The van der Waals surface area contributed by atoms with Crippen LogP contribution in [0.1, 0.15) is 31.2 Å². The van der Waals surface area contributed by atoms with Crippen molar-refractivity contribution in [3.63, 3.8) is 0 Å². The van der Waals surface area contributed by atoms with Crippen LogP contribution in [0, 0.1) is 9.49 Å². The number of carbonyl (C=O) groups is 1. The van der Waals surface area contributed by atoms with E-state index in [9.17, 15) is 9.90 Å². The van der Waals surface area contributed by atoms with Gasteiger partial charge in [-0.1, -0.05) is 12.1 Å². The minimum absolute atomic E-state index is 0.00268. The van der Waals surface area contributed by atoms with Crippen LogP contribution in [0.15, 0.2) is 60.6 Å². The second kappa shape index (κ2) is 10.7. The molecule has 29 heavy (non-hydrogen) atoms. The minimum atomic E-state index is -0.560. The Kier molecular flexibility index (Phi) is 8.02. The number of nitrogens with one attached hydrogen (secondary N) is 1. The van der Waals surface area contributed by atoms with E-state index in [1.807, 2.05) is 25.1 Å². The molecule has 0 bridgehead atoms. The Labute approximate surface area is 184 Å². The largest absolute Gasteiger partial charge is 0.459 e. The topological polar surface area (TPSA) is 80.7 Å². The normalized spacial score (nSPS) is 21.2. The van der Waals surface area contributed by atoms with E-state index in [0.717, 1.165) is 15.6 Å². The number of anilines is 1. The summed E-state index contributed by atoms with van der Waals surface area (Å²) >= 11 is 2.27. The molecule has 2 aromatic rings. The second-order valence-electron chi connectivity index (χ2n) is 6.78. The number of carbonyl (C=O) groups excluding carboxylic acids is 1. The van der Waals surface area contributed by atoms with Crippen molar-refractivity contribution < 1.29 is 19.4 Å². The molecule has 1 aromatic carbocycles. The molecule has 7 heteroatoms. The first-order chi connectivity index (χ1) is 14.1. The van der Waals surface area contributed by atoms with Crippen LogP contribution in [-0.4, -0.2) is 35.5 Å². The summed E-state index contributed by atoms with van der Waals surface area (Å²) in [5, 5.41) is 12.2. The number of nitrogens with zero attached hydrogens (tertiary/aromatic N) is 1. The summed E-state index contributed by atoms with van der Waals surface area (Å²) in [6.45, 7) is 2.48. The number of aromatic nitrogens is 1. The number of amides is 1. The fourth-order valence-electron chi connectivity index (χ4n) is 3.46. The van der Waals surface area contributed by atoms with E-state index in [-0.39, 0.29) is 30.1 Å². The van der Waals surface area contributed by atoms with Gasteiger partial charge >= 0.3 is 0 Å². The van der Waals surface area contributed by atoms with Gasteiger partial charge < -0.3 is 19.9 Å². The first-order valence-corrected chi connectivity index (χ1v) is 10.8. The summed E-state index contributed by atoms with van der Waals surface area (Å²) < 4.78 is 13.0. The first kappa shape index (κ1) is 21.7. The number of rotatable bonds is 8. The standard InChI is InChI=1S/C22H25IN2O4/c1-2-28-22-18(6-4-12-26)19(15-7-9-16(23)10-8-15)13-20(29-22)21(27)25-17-5-3-11-24-14-17/h3,5,7-11,13-14,18-19,22,26H,2,4,6,12H2,1H3,(H,25,27)/t18-,19-,22-/m0/s1. The summed E-state index contributed by atoms with van der Waals surface area (Å²) in [6.07, 6.45) is 5.91. The molecule has 6 nitrogen and oxygen atoms in total. The molecule has 0 saturated heterocycles. The highest BCUT2D eigenvalue weighted by Gasteiger charge is 2.37. The number of halogens is 1. The Morgan fingerprint density at radius 2 is 2.10 bits per heavy atom. The number of pyridine rings is 1. The molecule has 0 radical (unpaired) electrons. The van der Waals surface area contributed by atoms with Crippen LogP contribution in [0.25, 0.3) is 0 Å². The van der Waals surface area contributed by atoms with Gasteiger partial charge in [-0.05, 0) is 78.3 Å². The molecule has 3 rings (SSSR count). The van der Waals surface area contributed by atoms with Gasteiger partial charge in [0.2, 0.25) is 6.29 Å². The van der Waals surface area contributed by atoms with Crippen molar-refractivity contribution in [2.24, 2.45) is 5.92 Å². The van der Waals surface area contributed by atoms with E-state index in [1.54, 1.807) is 24.5 Å². The molecule has 0 unspecified atom stereocenters. The molecule has 1 aliphatic rings. The highest BCUT2D eigenvalue weighted by Crippen LogP contribution is 2.39. The van der Waals surface area contributed by atoms with Crippen LogP contribution in [-0.2, 0) is 14.3 Å². The van der Waals surface area contributed by atoms with E-state index in [2.05, 4.69) is 45.0 Å². The molecule has 1 amide bonds. The maximum absolute atomic E-state index is 12.8. The number of hydrogen-bond acceptors (Lipinski definition) is 5. The summed E-state index contributed by atoms with van der Waals surface area (Å²) in [5.74, 6) is -0.162. The lowest BCUT2D eigenvalue weighted by molar-refractivity contribution is -0.165. The maximum atomic E-state index is 12.8. The van der Waals surface area contributed by atoms with Crippen molar-refractivity contribution >= 4 is 34.2 Å². The Morgan fingerprint density at radius 3 is 2.76 bits per heavy atom. The monoisotopic (exact) mass is 508 g/mol. The third kappa shape index (κ3) is 5.77. The Bertz CT molecular complexity index is 826. The van der Waals surface area contributed by atoms with Crippen LogP contribution >= 0.6 is 22.6 Å². The minimum Gasteiger partial charge on any atom is -0.459 e. The van der Waals surface area contributed by atoms with Crippen molar-refractivity contribution in [1.29, 1.82) is 0 Å². The van der Waals surface area contributed by atoms with E-state index >= 15 is 0 Å². The zero-order valence-electron chi connectivity index (χ0n) is 16.3. The van der Waals surface area contributed by atoms with Gasteiger partial charge in [0.1, 0.15) is 0 Å². The molecule has 3 atom stereocenters. The molecule has 1 aliphatic heterocycles. The molecule has 2 heterocycles. The Balaban J connectivity index is 1.92. The fraction of sp³-hybridized carbons (Fsp3) is 0.364. The molecule has 0 saturated carbocycles. The summed E-state index contributed by atoms with van der Waals surface area (Å²) in [4.78, 5) is 16.9. The summed E-state index contributed by atoms with van der Waals surface area (Å²) in [6, 6.07) is 11.8. The third-order valence-electron chi connectivity index (χ3n) is 4.81. The Hall–Kier alpha value is -1.97. The first-order valence-electron chi connectivity index (χ1n) is 9.70. The average Bonchev–Trinajstić information content (AvgIpc) is 2.74. The lowest BCUT2D eigenvalue weighted by Gasteiger charge is -2.37. The van der Waals surface area contributed by atoms with Crippen LogP contribution < -0.4 is 5.32 Å². The van der Waals surface area contributed by atoms with E-state index < -0.39 is 6.29 Å². The zero-order chi connectivity index (χ0) is 20.6. The molecule has 0 aliphatic carbocycles. The predicted molar refractivity (Wildman–Crippen MR) is 119 cm³/mol.